The molecule has 110 valence electrons. The average Bonchev–Trinajstić information content (AvgIpc) is 3.00. The molecule has 0 saturated heterocycles. The van der Waals surface area contributed by atoms with Gasteiger partial charge in [-0.1, -0.05) is 18.2 Å². The lowest BCUT2D eigenvalue weighted by atomic mass is 10.1. The predicted molar refractivity (Wildman–Crippen MR) is 78.9 cm³/mol. The summed E-state index contributed by atoms with van der Waals surface area (Å²) >= 11 is 0. The highest BCUT2D eigenvalue weighted by Crippen LogP contribution is 2.16. The Bertz CT molecular complexity index is 595. The number of carbonyl (C=O) groups is 1. The van der Waals surface area contributed by atoms with Gasteiger partial charge in [-0.2, -0.15) is 0 Å². The van der Waals surface area contributed by atoms with Crippen molar-refractivity contribution >= 4 is 5.91 Å². The van der Waals surface area contributed by atoms with E-state index < -0.39 is 0 Å². The van der Waals surface area contributed by atoms with E-state index in [1.54, 1.807) is 6.33 Å². The van der Waals surface area contributed by atoms with Gasteiger partial charge in [0.15, 0.2) is 0 Å². The van der Waals surface area contributed by atoms with E-state index >= 15 is 0 Å². The zero-order valence-corrected chi connectivity index (χ0v) is 11.9. The Kier molecular flexibility index (Phi) is 4.19. The number of benzene rings is 1. The second-order valence-electron chi connectivity index (χ2n) is 5.16. The number of hydrogen-bond donors (Lipinski definition) is 1. The van der Waals surface area contributed by atoms with Crippen LogP contribution in [0.5, 0.6) is 5.75 Å². The van der Waals surface area contributed by atoms with Gasteiger partial charge >= 0.3 is 0 Å². The number of rotatable bonds is 5. The third kappa shape index (κ3) is 3.42. The molecular weight excluding hydrogens is 266 g/mol. The number of amides is 1. The summed E-state index contributed by atoms with van der Waals surface area (Å²) in [6.45, 7) is 1.98. The lowest BCUT2D eigenvalue weighted by Crippen LogP contribution is -2.36. The quantitative estimate of drug-likeness (QED) is 0.856. The second kappa shape index (κ2) is 6.43. The number of hydrogen-bond acceptors (Lipinski definition) is 3. The van der Waals surface area contributed by atoms with Gasteiger partial charge in [-0.15, -0.1) is 0 Å². The molecule has 1 aliphatic rings. The van der Waals surface area contributed by atoms with Crippen LogP contribution in [0.4, 0.5) is 0 Å². The van der Waals surface area contributed by atoms with Crippen LogP contribution in [-0.4, -0.2) is 33.9 Å². The Morgan fingerprint density at radius 1 is 1.33 bits per heavy atom. The maximum absolute atomic E-state index is 12.2. The SMILES string of the molecule is O=C(CCCOc1ccccc1)N1CCc2nc[nH]c2C1. The highest BCUT2D eigenvalue weighted by atomic mass is 16.5. The molecule has 5 nitrogen and oxygen atoms in total. The number of aromatic amines is 1. The molecule has 2 aromatic rings. The number of nitrogens with zero attached hydrogens (tertiary/aromatic N) is 2. The van der Waals surface area contributed by atoms with Gasteiger partial charge in [-0.25, -0.2) is 4.98 Å². The average molecular weight is 285 g/mol. The predicted octanol–water partition coefficient (Wildman–Crippen LogP) is 2.15. The summed E-state index contributed by atoms with van der Waals surface area (Å²) in [7, 11) is 0. The van der Waals surface area contributed by atoms with Gasteiger partial charge in [-0.3, -0.25) is 4.79 Å². The molecule has 1 aromatic carbocycles. The maximum atomic E-state index is 12.2. The van der Waals surface area contributed by atoms with E-state index in [1.807, 2.05) is 35.2 Å². The molecule has 1 aromatic heterocycles. The summed E-state index contributed by atoms with van der Waals surface area (Å²) in [5, 5.41) is 0. The van der Waals surface area contributed by atoms with Gasteiger partial charge < -0.3 is 14.6 Å². The molecular formula is C16H19N3O2. The summed E-state index contributed by atoms with van der Waals surface area (Å²) in [4.78, 5) is 21.4. The Labute approximate surface area is 124 Å². The zero-order chi connectivity index (χ0) is 14.5. The van der Waals surface area contributed by atoms with Crippen LogP contribution in [0.1, 0.15) is 24.2 Å². The van der Waals surface area contributed by atoms with Crippen LogP contribution in [0.15, 0.2) is 36.7 Å². The first-order chi connectivity index (χ1) is 10.3. The van der Waals surface area contributed by atoms with Gasteiger partial charge in [0.2, 0.25) is 5.91 Å². The fourth-order valence-electron chi connectivity index (χ4n) is 2.51. The number of aromatic nitrogens is 2. The summed E-state index contributed by atoms with van der Waals surface area (Å²) < 4.78 is 5.60. The number of nitrogens with one attached hydrogen (secondary N) is 1. The number of fused-ring (bicyclic) bond motifs is 1. The molecule has 21 heavy (non-hydrogen) atoms. The van der Waals surface area contributed by atoms with Crippen molar-refractivity contribution in [3.63, 3.8) is 0 Å². The topological polar surface area (TPSA) is 58.2 Å². The highest BCUT2D eigenvalue weighted by molar-refractivity contribution is 5.76. The monoisotopic (exact) mass is 285 g/mol. The Morgan fingerprint density at radius 2 is 2.19 bits per heavy atom. The van der Waals surface area contributed by atoms with Crippen molar-refractivity contribution < 1.29 is 9.53 Å². The largest absolute Gasteiger partial charge is 0.494 e. The second-order valence-corrected chi connectivity index (χ2v) is 5.16. The van der Waals surface area contributed by atoms with Crippen molar-refractivity contribution in [1.29, 1.82) is 0 Å². The van der Waals surface area contributed by atoms with Crippen molar-refractivity contribution in [2.45, 2.75) is 25.8 Å². The minimum Gasteiger partial charge on any atom is -0.494 e. The molecule has 0 spiro atoms. The molecule has 1 N–H and O–H groups in total. The lowest BCUT2D eigenvalue weighted by molar-refractivity contribution is -0.132. The fraction of sp³-hybridized carbons (Fsp3) is 0.375. The van der Waals surface area contributed by atoms with Crippen LogP contribution < -0.4 is 4.74 Å². The molecule has 1 amide bonds. The summed E-state index contributed by atoms with van der Waals surface area (Å²) in [6, 6.07) is 9.68. The van der Waals surface area contributed by atoms with Crippen LogP contribution in [-0.2, 0) is 17.8 Å². The van der Waals surface area contributed by atoms with E-state index in [9.17, 15) is 4.79 Å². The zero-order valence-electron chi connectivity index (χ0n) is 11.9. The Morgan fingerprint density at radius 3 is 3.05 bits per heavy atom. The third-order valence-electron chi connectivity index (χ3n) is 3.67. The van der Waals surface area contributed by atoms with Crippen molar-refractivity contribution in [2.24, 2.45) is 0 Å². The molecule has 0 unspecified atom stereocenters. The van der Waals surface area contributed by atoms with E-state index in [4.69, 9.17) is 4.74 Å². The molecule has 2 heterocycles. The molecule has 3 rings (SSSR count). The molecule has 5 heteroatoms. The maximum Gasteiger partial charge on any atom is 0.223 e. The molecule has 0 fully saturated rings. The van der Waals surface area contributed by atoms with Crippen LogP contribution >= 0.6 is 0 Å². The van der Waals surface area contributed by atoms with Crippen LogP contribution in [0.2, 0.25) is 0 Å². The van der Waals surface area contributed by atoms with Crippen molar-refractivity contribution in [3.8, 4) is 5.75 Å². The summed E-state index contributed by atoms with van der Waals surface area (Å²) in [5.74, 6) is 1.04. The van der Waals surface area contributed by atoms with Gasteiger partial charge in [0.25, 0.3) is 0 Å². The third-order valence-corrected chi connectivity index (χ3v) is 3.67. The smallest absolute Gasteiger partial charge is 0.223 e. The number of imidazole rings is 1. The van der Waals surface area contributed by atoms with Crippen molar-refractivity contribution in [1.82, 2.24) is 14.9 Å². The summed E-state index contributed by atoms with van der Waals surface area (Å²) in [6.07, 6.45) is 3.80. The fourth-order valence-corrected chi connectivity index (χ4v) is 2.51. The normalized spacial score (nSPS) is 13.8. The standard InChI is InChI=1S/C16H19N3O2/c20-16(7-4-10-21-13-5-2-1-3-6-13)19-9-8-14-15(11-19)18-12-17-14/h1-3,5-6,12H,4,7-11H2,(H,17,18). The van der Waals surface area contributed by atoms with E-state index in [1.165, 1.54) is 0 Å². The molecule has 1 aliphatic heterocycles. The summed E-state index contributed by atoms with van der Waals surface area (Å²) in [5.41, 5.74) is 2.15. The van der Waals surface area contributed by atoms with Gasteiger partial charge in [0.05, 0.1) is 30.9 Å². The van der Waals surface area contributed by atoms with E-state index in [-0.39, 0.29) is 5.91 Å². The molecule has 0 saturated carbocycles. The molecule has 0 aliphatic carbocycles. The first-order valence-corrected chi connectivity index (χ1v) is 7.29. The highest BCUT2D eigenvalue weighted by Gasteiger charge is 2.21. The molecule has 0 atom stereocenters. The Hall–Kier alpha value is -2.30. The van der Waals surface area contributed by atoms with Gasteiger partial charge in [0.1, 0.15) is 5.75 Å². The van der Waals surface area contributed by atoms with Gasteiger partial charge in [-0.05, 0) is 18.6 Å². The van der Waals surface area contributed by atoms with E-state index in [2.05, 4.69) is 9.97 Å². The van der Waals surface area contributed by atoms with Gasteiger partial charge in [0, 0.05) is 19.4 Å². The van der Waals surface area contributed by atoms with Crippen molar-refractivity contribution in [3.05, 3.63) is 48.0 Å². The van der Waals surface area contributed by atoms with Crippen LogP contribution in [0.3, 0.4) is 0 Å². The number of carbonyl (C=O) groups excluding carboxylic acids is 1. The number of ether oxygens (including phenoxy) is 1. The van der Waals surface area contributed by atoms with Crippen LogP contribution in [0.25, 0.3) is 0 Å². The lowest BCUT2D eigenvalue weighted by Gasteiger charge is -2.26. The minimum absolute atomic E-state index is 0.187. The van der Waals surface area contributed by atoms with Crippen molar-refractivity contribution in [2.75, 3.05) is 13.2 Å². The molecule has 0 bridgehead atoms. The van der Waals surface area contributed by atoms with E-state index in [0.717, 1.165) is 36.5 Å². The van der Waals surface area contributed by atoms with Crippen LogP contribution in [0, 0.1) is 0 Å². The number of para-hydroxylation sites is 1. The van der Waals surface area contributed by atoms with E-state index in [0.29, 0.717) is 19.6 Å². The minimum atomic E-state index is 0.187. The first-order valence-electron chi connectivity index (χ1n) is 7.29. The Balaban J connectivity index is 1.41. The molecule has 0 radical (unpaired) electrons. The number of H-pyrrole nitrogens is 1. The first kappa shape index (κ1) is 13.7.